The second kappa shape index (κ2) is 17.3. The largest absolute Gasteiger partial charge is 0.497 e. The number of carbonyl (C=O) groups is 3. The lowest BCUT2D eigenvalue weighted by Gasteiger charge is -2.43. The summed E-state index contributed by atoms with van der Waals surface area (Å²) in [6.45, 7) is -0.549. The Morgan fingerprint density at radius 1 is 0.549 bits per heavy atom. The molecule has 0 spiro atoms. The molecule has 0 radical (unpaired) electrons. The highest BCUT2D eigenvalue weighted by atomic mass is 16.7. The van der Waals surface area contributed by atoms with E-state index in [1.54, 1.807) is 67.8 Å². The number of hydrogen-bond donors (Lipinski definition) is 1. The van der Waals surface area contributed by atoms with Crippen molar-refractivity contribution in [3.8, 4) is 23.0 Å². The zero-order valence-corrected chi connectivity index (χ0v) is 28.4. The summed E-state index contributed by atoms with van der Waals surface area (Å²) in [5.74, 6) is -0.152. The predicted molar refractivity (Wildman–Crippen MR) is 180 cm³/mol. The number of ether oxygens (including phenoxy) is 9. The predicted octanol–water partition coefficient (Wildman–Crippen LogP) is 4.63. The number of methoxy groups -OCH3 is 4. The first-order valence-corrected chi connectivity index (χ1v) is 15.8. The van der Waals surface area contributed by atoms with Crippen molar-refractivity contribution >= 4 is 17.9 Å². The number of aliphatic hydroxyl groups is 1. The van der Waals surface area contributed by atoms with Crippen LogP contribution in [0, 0.1) is 0 Å². The lowest BCUT2D eigenvalue weighted by molar-refractivity contribution is -0.296. The van der Waals surface area contributed by atoms with Crippen molar-refractivity contribution in [2.75, 3.05) is 35.0 Å². The standard InChI is InChI=1S/C38H38O13/c1-43-27-13-5-23(6-14-27)21-47-34-33(51-37(41)26-11-19-30(46-4)20-12-26)32(50-36(40)25-9-17-29(45-3)18-10-25)31(49-38(34)42)22-48-35(39)24-7-15-28(44-2)16-8-24/h5-20,31-34,38,42H,21-22H2,1-4H3/t31-,32-,33+,34+,38?/m1/s1. The molecule has 5 rings (SSSR count). The zero-order valence-electron chi connectivity index (χ0n) is 28.4. The van der Waals surface area contributed by atoms with Crippen molar-refractivity contribution in [2.24, 2.45) is 0 Å². The number of hydrogen-bond acceptors (Lipinski definition) is 13. The van der Waals surface area contributed by atoms with Crippen molar-refractivity contribution in [2.45, 2.75) is 37.3 Å². The first kappa shape index (κ1) is 36.6. The van der Waals surface area contributed by atoms with Crippen LogP contribution < -0.4 is 18.9 Å². The Morgan fingerprint density at radius 2 is 0.941 bits per heavy atom. The molecule has 1 saturated heterocycles. The van der Waals surface area contributed by atoms with E-state index in [1.807, 2.05) is 0 Å². The van der Waals surface area contributed by atoms with Crippen LogP contribution in [0.3, 0.4) is 0 Å². The van der Waals surface area contributed by atoms with Gasteiger partial charge in [0, 0.05) is 0 Å². The number of benzene rings is 4. The van der Waals surface area contributed by atoms with E-state index in [2.05, 4.69) is 0 Å². The van der Waals surface area contributed by atoms with Crippen molar-refractivity contribution < 1.29 is 62.1 Å². The average molecular weight is 703 g/mol. The van der Waals surface area contributed by atoms with Crippen LogP contribution >= 0.6 is 0 Å². The minimum absolute atomic E-state index is 0.0536. The van der Waals surface area contributed by atoms with Gasteiger partial charge in [0.2, 0.25) is 0 Å². The number of rotatable bonds is 14. The highest BCUT2D eigenvalue weighted by Gasteiger charge is 2.51. The van der Waals surface area contributed by atoms with E-state index in [0.29, 0.717) is 28.6 Å². The molecule has 5 atom stereocenters. The van der Waals surface area contributed by atoms with Gasteiger partial charge in [-0.3, -0.25) is 0 Å². The summed E-state index contributed by atoms with van der Waals surface area (Å²) in [6.07, 6.45) is -7.27. The molecule has 51 heavy (non-hydrogen) atoms. The van der Waals surface area contributed by atoms with Crippen LogP contribution in [-0.2, 0) is 30.3 Å². The van der Waals surface area contributed by atoms with Crippen LogP contribution in [0.15, 0.2) is 97.1 Å². The molecule has 1 heterocycles. The molecule has 0 aromatic heterocycles. The van der Waals surface area contributed by atoms with Crippen LogP contribution in [0.5, 0.6) is 23.0 Å². The summed E-state index contributed by atoms with van der Waals surface area (Å²) in [7, 11) is 6.02. The molecule has 4 aromatic rings. The molecule has 13 nitrogen and oxygen atoms in total. The van der Waals surface area contributed by atoms with Gasteiger partial charge in [-0.1, -0.05) is 12.1 Å². The quantitative estimate of drug-likeness (QED) is 0.144. The highest BCUT2D eigenvalue weighted by molar-refractivity contribution is 5.91. The Morgan fingerprint density at radius 3 is 1.37 bits per heavy atom. The molecule has 0 amide bonds. The van der Waals surface area contributed by atoms with Gasteiger partial charge in [-0.2, -0.15) is 0 Å². The fourth-order valence-electron chi connectivity index (χ4n) is 5.20. The Balaban J connectivity index is 1.46. The molecular formula is C38H38O13. The van der Waals surface area contributed by atoms with Crippen LogP contribution in [0.1, 0.15) is 36.6 Å². The van der Waals surface area contributed by atoms with Gasteiger partial charge in [-0.05, 0) is 90.5 Å². The van der Waals surface area contributed by atoms with E-state index in [1.165, 1.54) is 57.7 Å². The number of esters is 3. The Bertz CT molecular complexity index is 1740. The van der Waals surface area contributed by atoms with E-state index in [4.69, 9.17) is 42.6 Å². The molecule has 4 aromatic carbocycles. The summed E-state index contributed by atoms with van der Waals surface area (Å²) in [5, 5.41) is 11.3. The lowest BCUT2D eigenvalue weighted by Crippen LogP contribution is -2.62. The van der Waals surface area contributed by atoms with Gasteiger partial charge < -0.3 is 47.7 Å². The first-order valence-electron chi connectivity index (χ1n) is 15.8. The van der Waals surface area contributed by atoms with Crippen molar-refractivity contribution in [3.63, 3.8) is 0 Å². The summed E-state index contributed by atoms with van der Waals surface area (Å²) >= 11 is 0. The van der Waals surface area contributed by atoms with E-state index in [-0.39, 0.29) is 23.3 Å². The second-order valence-corrected chi connectivity index (χ2v) is 11.2. The minimum Gasteiger partial charge on any atom is -0.497 e. The summed E-state index contributed by atoms with van der Waals surface area (Å²) in [4.78, 5) is 40.2. The maximum absolute atomic E-state index is 13.6. The van der Waals surface area contributed by atoms with Crippen LogP contribution in [0.2, 0.25) is 0 Å². The van der Waals surface area contributed by atoms with Gasteiger partial charge in [-0.15, -0.1) is 0 Å². The lowest BCUT2D eigenvalue weighted by atomic mass is 9.97. The zero-order chi connectivity index (χ0) is 36.3. The van der Waals surface area contributed by atoms with Crippen LogP contribution in [0.25, 0.3) is 0 Å². The third-order valence-corrected chi connectivity index (χ3v) is 8.05. The van der Waals surface area contributed by atoms with Gasteiger partial charge in [0.1, 0.15) is 41.8 Å². The minimum atomic E-state index is -1.71. The molecule has 1 unspecified atom stereocenters. The monoisotopic (exact) mass is 702 g/mol. The summed E-state index contributed by atoms with van der Waals surface area (Å²) in [5.41, 5.74) is 1.20. The molecule has 1 aliphatic rings. The van der Waals surface area contributed by atoms with Gasteiger partial charge in [0.05, 0.1) is 51.7 Å². The fourth-order valence-corrected chi connectivity index (χ4v) is 5.20. The van der Waals surface area contributed by atoms with Crippen molar-refractivity contribution in [1.82, 2.24) is 0 Å². The molecule has 1 aliphatic heterocycles. The second-order valence-electron chi connectivity index (χ2n) is 11.2. The third kappa shape index (κ3) is 9.34. The van der Waals surface area contributed by atoms with Crippen LogP contribution in [0.4, 0.5) is 0 Å². The van der Waals surface area contributed by atoms with Gasteiger partial charge in [0.15, 0.2) is 18.5 Å². The molecule has 1 N–H and O–H groups in total. The van der Waals surface area contributed by atoms with E-state index in [0.717, 1.165) is 0 Å². The normalized spacial score (nSPS) is 19.7. The van der Waals surface area contributed by atoms with E-state index in [9.17, 15) is 19.5 Å². The van der Waals surface area contributed by atoms with Gasteiger partial charge >= 0.3 is 17.9 Å². The molecule has 0 aliphatic carbocycles. The number of carbonyl (C=O) groups excluding carboxylic acids is 3. The van der Waals surface area contributed by atoms with Gasteiger partial charge in [-0.25, -0.2) is 14.4 Å². The Labute approximate surface area is 294 Å². The molecule has 1 fully saturated rings. The highest BCUT2D eigenvalue weighted by Crippen LogP contribution is 2.31. The van der Waals surface area contributed by atoms with E-state index < -0.39 is 55.2 Å². The number of aliphatic hydroxyl groups excluding tert-OH is 1. The first-order chi connectivity index (χ1) is 24.7. The molecular weight excluding hydrogens is 664 g/mol. The Kier molecular flexibility index (Phi) is 12.5. The maximum atomic E-state index is 13.6. The van der Waals surface area contributed by atoms with Crippen LogP contribution in [-0.4, -0.2) is 88.8 Å². The fraction of sp³-hybridized carbons (Fsp3) is 0.289. The average Bonchev–Trinajstić information content (AvgIpc) is 3.18. The smallest absolute Gasteiger partial charge is 0.338 e. The molecule has 268 valence electrons. The van der Waals surface area contributed by atoms with E-state index >= 15 is 0 Å². The Hall–Kier alpha value is -5.63. The summed E-state index contributed by atoms with van der Waals surface area (Å²) < 4.78 is 50.3. The summed E-state index contributed by atoms with van der Waals surface area (Å²) in [6, 6.07) is 25.5. The SMILES string of the molecule is COc1ccc(CO[C@@H]2C(O)O[C@H](COC(=O)c3ccc(OC)cc3)[C@@H](OC(=O)c3ccc(OC)cc3)[C@@H]2OC(=O)c2ccc(OC)cc2)cc1. The van der Waals surface area contributed by atoms with Gasteiger partial charge in [0.25, 0.3) is 0 Å². The topological polar surface area (TPSA) is 155 Å². The third-order valence-electron chi connectivity index (χ3n) is 8.05. The molecule has 0 saturated carbocycles. The molecule has 0 bridgehead atoms. The van der Waals surface area contributed by atoms with Crippen molar-refractivity contribution in [1.29, 1.82) is 0 Å². The maximum Gasteiger partial charge on any atom is 0.338 e. The van der Waals surface area contributed by atoms with Crippen molar-refractivity contribution in [3.05, 3.63) is 119 Å². The molecule has 13 heteroatoms.